The Labute approximate surface area is 299 Å². The van der Waals surface area contributed by atoms with Crippen molar-refractivity contribution in [3.05, 3.63) is 0 Å². The van der Waals surface area contributed by atoms with E-state index in [1.54, 1.807) is 7.11 Å². The van der Waals surface area contributed by atoms with E-state index < -0.39 is 42.0 Å². The highest BCUT2D eigenvalue weighted by atomic mass is 16.7. The highest BCUT2D eigenvalue weighted by molar-refractivity contribution is 6.01. The maximum Gasteiger partial charge on any atom is 0.334 e. The van der Waals surface area contributed by atoms with Crippen LogP contribution in [-0.2, 0) is 66.7 Å². The molecule has 2 fully saturated rings. The van der Waals surface area contributed by atoms with Gasteiger partial charge in [-0.25, -0.2) is 4.79 Å². The van der Waals surface area contributed by atoms with Gasteiger partial charge in [0.2, 0.25) is 5.91 Å². The first-order valence-electron chi connectivity index (χ1n) is 17.8. The van der Waals surface area contributed by atoms with Crippen LogP contribution in [0.3, 0.4) is 0 Å². The number of nitrogens with one attached hydrogen (secondary N) is 1. The largest absolute Gasteiger partial charge is 0.465 e. The van der Waals surface area contributed by atoms with Crippen LogP contribution in [0.25, 0.3) is 0 Å². The molecule has 1 unspecified atom stereocenters. The second-order valence-electron chi connectivity index (χ2n) is 12.2. The molecule has 1 heterocycles. The van der Waals surface area contributed by atoms with Crippen molar-refractivity contribution >= 4 is 29.7 Å². The highest BCUT2D eigenvalue weighted by Gasteiger charge is 2.49. The van der Waals surface area contributed by atoms with Crippen LogP contribution >= 0.6 is 0 Å². The number of nitrogens with zero attached hydrogens (tertiary/aromatic N) is 1. The molecule has 1 saturated carbocycles. The van der Waals surface area contributed by atoms with E-state index >= 15 is 0 Å². The smallest absolute Gasteiger partial charge is 0.334 e. The molecule has 4 atom stereocenters. The van der Waals surface area contributed by atoms with Crippen LogP contribution in [0.4, 0.5) is 0 Å². The van der Waals surface area contributed by atoms with Gasteiger partial charge in [0, 0.05) is 39.3 Å². The maximum atomic E-state index is 13.0. The number of rotatable bonds is 29. The lowest BCUT2D eigenvalue weighted by atomic mass is 10.0. The normalized spacial score (nSPS) is 20.1. The van der Waals surface area contributed by atoms with Gasteiger partial charge in [0.1, 0.15) is 0 Å². The van der Waals surface area contributed by atoms with Crippen molar-refractivity contribution in [2.45, 2.75) is 51.4 Å². The molecule has 16 nitrogen and oxygen atoms in total. The molecule has 0 spiro atoms. The van der Waals surface area contributed by atoms with E-state index in [9.17, 15) is 24.0 Å². The van der Waals surface area contributed by atoms with Crippen molar-refractivity contribution < 1.29 is 66.7 Å². The lowest BCUT2D eigenvalue weighted by Crippen LogP contribution is -2.38. The number of methoxy groups -OCH3 is 1. The van der Waals surface area contributed by atoms with Gasteiger partial charge in [-0.1, -0.05) is 0 Å². The minimum atomic E-state index is -1.13. The quantitative estimate of drug-likeness (QED) is 0.0495. The van der Waals surface area contributed by atoms with Crippen molar-refractivity contribution in [1.29, 1.82) is 0 Å². The first-order valence-corrected chi connectivity index (χ1v) is 17.8. The summed E-state index contributed by atoms with van der Waals surface area (Å²) in [5, 5.41) is 3.08. The van der Waals surface area contributed by atoms with Crippen LogP contribution < -0.4 is 5.32 Å². The number of hydrogen-bond acceptors (Lipinski definition) is 14. The van der Waals surface area contributed by atoms with Crippen LogP contribution in [0.1, 0.15) is 51.4 Å². The lowest BCUT2D eigenvalue weighted by Gasteiger charge is -2.18. The number of ether oxygens (including phenoxy) is 8. The van der Waals surface area contributed by atoms with Gasteiger partial charge in [0.05, 0.1) is 111 Å². The molecule has 3 amide bonds. The Kier molecular flexibility index (Phi) is 21.3. The number of esters is 1. The molecule has 2 aliphatic carbocycles. The molecule has 3 rings (SSSR count). The molecule has 288 valence electrons. The van der Waals surface area contributed by atoms with Crippen molar-refractivity contribution in [2.24, 2.45) is 23.7 Å². The van der Waals surface area contributed by atoms with Gasteiger partial charge in [-0.15, -0.1) is 16.9 Å². The standard InChI is InChI=1S/C35H54N2O14/c1-43-12-13-45-16-17-47-20-21-49-23-22-48-19-18-46-15-14-44-11-10-36-35(42)27(25-34(41)51-37-31(38)8-9-32(37)39)24-33(40)50-26-30-28-6-4-2-3-5-7-29(28)30/h27-30H,4-26H2,1H3,(H,36,42)/t27-,28-,29+,30?/m0/s1. The Morgan fingerprint density at radius 2 is 1.14 bits per heavy atom. The van der Waals surface area contributed by atoms with Crippen LogP contribution in [-0.4, -0.2) is 141 Å². The van der Waals surface area contributed by atoms with Crippen molar-refractivity contribution in [3.63, 3.8) is 0 Å². The molecule has 0 aromatic rings. The zero-order valence-corrected chi connectivity index (χ0v) is 29.7. The number of fused-ring (bicyclic) bond motifs is 1. The van der Waals surface area contributed by atoms with Gasteiger partial charge in [0.15, 0.2) is 0 Å². The third-order valence-electron chi connectivity index (χ3n) is 8.51. The second kappa shape index (κ2) is 25.7. The second-order valence-corrected chi connectivity index (χ2v) is 12.2. The zero-order chi connectivity index (χ0) is 36.5. The summed E-state index contributed by atoms with van der Waals surface area (Å²) in [6, 6.07) is 0. The summed E-state index contributed by atoms with van der Waals surface area (Å²) in [4.78, 5) is 67.0. The van der Waals surface area contributed by atoms with Crippen molar-refractivity contribution in [3.8, 4) is 11.8 Å². The minimum Gasteiger partial charge on any atom is -0.465 e. The number of hydroxylamine groups is 2. The van der Waals surface area contributed by atoms with Crippen LogP contribution in [0.2, 0.25) is 0 Å². The molecule has 1 N–H and O–H groups in total. The minimum absolute atomic E-state index is 0.0587. The van der Waals surface area contributed by atoms with Crippen molar-refractivity contribution in [2.75, 3.05) is 106 Å². The number of carbonyl (C=O) groups is 5. The Morgan fingerprint density at radius 3 is 1.63 bits per heavy atom. The third kappa shape index (κ3) is 17.7. The molecule has 0 radical (unpaired) electrons. The van der Waals surface area contributed by atoms with Gasteiger partial charge in [-0.3, -0.25) is 19.2 Å². The molecular formula is C35H54N2O14. The molecule has 51 heavy (non-hydrogen) atoms. The first-order chi connectivity index (χ1) is 24.9. The molecular weight excluding hydrogens is 672 g/mol. The fraction of sp³-hybridized carbons (Fsp3) is 0.800. The van der Waals surface area contributed by atoms with E-state index in [1.807, 2.05) is 0 Å². The third-order valence-corrected chi connectivity index (χ3v) is 8.51. The van der Waals surface area contributed by atoms with E-state index in [2.05, 4.69) is 17.2 Å². The van der Waals surface area contributed by atoms with E-state index in [4.69, 9.17) is 42.7 Å². The molecule has 1 saturated heterocycles. The molecule has 1 aliphatic heterocycles. The van der Waals surface area contributed by atoms with Crippen molar-refractivity contribution in [1.82, 2.24) is 10.4 Å². The summed E-state index contributed by atoms with van der Waals surface area (Å²) < 4.78 is 43.0. The summed E-state index contributed by atoms with van der Waals surface area (Å²) in [5.41, 5.74) is 0. The Morgan fingerprint density at radius 1 is 0.686 bits per heavy atom. The summed E-state index contributed by atoms with van der Waals surface area (Å²) in [6.45, 7) is 5.88. The number of amides is 3. The number of hydrogen-bond donors (Lipinski definition) is 1. The highest BCUT2D eigenvalue weighted by Crippen LogP contribution is 2.52. The fourth-order valence-corrected chi connectivity index (χ4v) is 5.72. The summed E-state index contributed by atoms with van der Waals surface area (Å²) in [5.74, 6) is 2.98. The first kappa shape index (κ1) is 42.2. The van der Waals surface area contributed by atoms with Gasteiger partial charge in [-0.2, -0.15) is 0 Å². The van der Waals surface area contributed by atoms with Crippen LogP contribution in [0.15, 0.2) is 0 Å². The molecule has 16 heteroatoms. The number of imide groups is 1. The Balaban J connectivity index is 1.23. The number of carbonyl (C=O) groups excluding carboxylic acids is 5. The fourth-order valence-electron chi connectivity index (χ4n) is 5.72. The monoisotopic (exact) mass is 726 g/mol. The Hall–Kier alpha value is -3.17. The van der Waals surface area contributed by atoms with Gasteiger partial charge < -0.3 is 48.0 Å². The van der Waals surface area contributed by atoms with Gasteiger partial charge in [-0.05, 0) is 30.6 Å². The van der Waals surface area contributed by atoms with Gasteiger partial charge >= 0.3 is 11.9 Å². The maximum absolute atomic E-state index is 13.0. The van der Waals surface area contributed by atoms with Crippen LogP contribution in [0.5, 0.6) is 0 Å². The molecule has 3 aliphatic rings. The summed E-state index contributed by atoms with van der Waals surface area (Å²) in [6.07, 6.45) is 2.64. The molecule has 0 aromatic carbocycles. The average Bonchev–Trinajstić information content (AvgIpc) is 3.65. The zero-order valence-electron chi connectivity index (χ0n) is 29.7. The predicted octanol–water partition coefficient (Wildman–Crippen LogP) is 0.835. The van der Waals surface area contributed by atoms with Gasteiger partial charge in [0.25, 0.3) is 11.8 Å². The predicted molar refractivity (Wildman–Crippen MR) is 177 cm³/mol. The van der Waals surface area contributed by atoms with E-state index in [0.717, 1.165) is 25.7 Å². The van der Waals surface area contributed by atoms with Crippen LogP contribution in [0, 0.1) is 35.5 Å². The molecule has 0 bridgehead atoms. The summed E-state index contributed by atoms with van der Waals surface area (Å²) >= 11 is 0. The van der Waals surface area contributed by atoms with E-state index in [1.165, 1.54) is 0 Å². The average molecular weight is 727 g/mol. The SMILES string of the molecule is COCCOCCOCCOCCOCCOCCOCCNC(=O)[C@@H](CC(=O)OCC1[C@H]2CCC#CCC[C@@H]12)CC(=O)ON1C(=O)CCC1=O. The topological polar surface area (TPSA) is 184 Å². The molecule has 0 aromatic heterocycles. The van der Waals surface area contributed by atoms with E-state index in [-0.39, 0.29) is 51.5 Å². The summed E-state index contributed by atoms with van der Waals surface area (Å²) in [7, 11) is 1.62. The Bertz CT molecular complexity index is 1110. The van der Waals surface area contributed by atoms with E-state index in [0.29, 0.717) is 89.6 Å². The lowest BCUT2D eigenvalue weighted by molar-refractivity contribution is -0.198.